The molecule has 2 aliphatic rings. The third-order valence-electron chi connectivity index (χ3n) is 4.48. The molecule has 0 aliphatic heterocycles. The Morgan fingerprint density at radius 3 is 2.47 bits per heavy atom. The van der Waals surface area contributed by atoms with Crippen LogP contribution in [-0.4, -0.2) is 0 Å². The second-order valence-electron chi connectivity index (χ2n) is 5.45. The van der Waals surface area contributed by atoms with E-state index in [1.54, 1.807) is 11.1 Å². The molecule has 0 heteroatoms. The van der Waals surface area contributed by atoms with Crippen LogP contribution in [0.3, 0.4) is 0 Å². The highest BCUT2D eigenvalue weighted by Crippen LogP contribution is 2.47. The lowest BCUT2D eigenvalue weighted by Crippen LogP contribution is -2.26. The third kappa shape index (κ3) is 1.91. The maximum Gasteiger partial charge on any atom is 0.00980 e. The molecule has 0 fully saturated rings. The third-order valence-corrected chi connectivity index (χ3v) is 4.48. The van der Waals surface area contributed by atoms with Crippen LogP contribution in [0.2, 0.25) is 0 Å². The second kappa shape index (κ2) is 4.15. The summed E-state index contributed by atoms with van der Waals surface area (Å²) in [7, 11) is 0. The lowest BCUT2D eigenvalue weighted by atomic mass is 9.65. The molecule has 2 aliphatic carbocycles. The van der Waals surface area contributed by atoms with E-state index >= 15 is 0 Å². The Bertz CT molecular complexity index is 306. The molecule has 1 atom stereocenters. The van der Waals surface area contributed by atoms with Crippen LogP contribution >= 0.6 is 0 Å². The van der Waals surface area contributed by atoms with Gasteiger partial charge in [-0.1, -0.05) is 23.6 Å². The monoisotopic (exact) mass is 203 g/mol. The van der Waals surface area contributed by atoms with E-state index < -0.39 is 0 Å². The minimum atomic E-state index is 0.364. The van der Waals surface area contributed by atoms with E-state index in [1.165, 1.54) is 50.5 Å². The Balaban J connectivity index is 2.35. The predicted molar refractivity (Wildman–Crippen MR) is 65.6 cm³/mol. The molecule has 0 aromatic heterocycles. The van der Waals surface area contributed by atoms with Gasteiger partial charge in [-0.15, -0.1) is 0 Å². The van der Waals surface area contributed by atoms with Crippen molar-refractivity contribution in [3.05, 3.63) is 22.8 Å². The van der Waals surface area contributed by atoms with Crippen LogP contribution in [0.1, 0.15) is 65.7 Å². The summed E-state index contributed by atoms with van der Waals surface area (Å²) in [5.74, 6) is 0. The molecule has 1 unspecified atom stereocenters. The van der Waals surface area contributed by atoms with Gasteiger partial charge in [0.1, 0.15) is 0 Å². The van der Waals surface area contributed by atoms with E-state index in [0.29, 0.717) is 5.41 Å². The Labute approximate surface area is 94.5 Å². The zero-order valence-corrected chi connectivity index (χ0v) is 10.4. The molecule has 0 nitrogen and oxygen atoms in total. The van der Waals surface area contributed by atoms with Crippen LogP contribution < -0.4 is 0 Å². The quantitative estimate of drug-likeness (QED) is 0.536. The molecule has 0 aromatic rings. The summed E-state index contributed by atoms with van der Waals surface area (Å²) in [5, 5.41) is 0. The van der Waals surface area contributed by atoms with E-state index in [2.05, 4.69) is 26.8 Å². The summed E-state index contributed by atoms with van der Waals surface area (Å²) in [5.41, 5.74) is 5.29. The standard InChI is InChI=1S/C15H23/c1-12-8-4-5-10-14(12)15(3)11-7-6-9-13(15)2/h4-8,10-11H2,1-3H3. The SMILES string of the molecule is CC1=[C]CCCC1(C)C1=C(C)CCCC1. The summed E-state index contributed by atoms with van der Waals surface area (Å²) in [4.78, 5) is 0. The van der Waals surface area contributed by atoms with Crippen molar-refractivity contribution in [1.82, 2.24) is 0 Å². The molecule has 15 heavy (non-hydrogen) atoms. The van der Waals surface area contributed by atoms with Crippen molar-refractivity contribution in [2.75, 3.05) is 0 Å². The van der Waals surface area contributed by atoms with Gasteiger partial charge >= 0.3 is 0 Å². The van der Waals surface area contributed by atoms with Gasteiger partial charge in [-0.05, 0) is 64.9 Å². The Morgan fingerprint density at radius 2 is 1.80 bits per heavy atom. The molecule has 1 radical (unpaired) electrons. The first kappa shape index (κ1) is 11.0. The second-order valence-corrected chi connectivity index (χ2v) is 5.45. The van der Waals surface area contributed by atoms with Crippen molar-refractivity contribution in [3.8, 4) is 0 Å². The Morgan fingerprint density at radius 1 is 1.07 bits per heavy atom. The fourth-order valence-electron chi connectivity index (χ4n) is 3.28. The number of hydrogen-bond donors (Lipinski definition) is 0. The highest BCUT2D eigenvalue weighted by molar-refractivity contribution is 5.32. The van der Waals surface area contributed by atoms with E-state index in [-0.39, 0.29) is 0 Å². The molecule has 2 rings (SSSR count). The lowest BCUT2D eigenvalue weighted by molar-refractivity contribution is 0.370. The van der Waals surface area contributed by atoms with Crippen LogP contribution in [0.15, 0.2) is 16.7 Å². The van der Waals surface area contributed by atoms with Crippen molar-refractivity contribution < 1.29 is 0 Å². The van der Waals surface area contributed by atoms with Crippen molar-refractivity contribution in [1.29, 1.82) is 0 Å². The summed E-state index contributed by atoms with van der Waals surface area (Å²) >= 11 is 0. The lowest BCUT2D eigenvalue weighted by Gasteiger charge is -2.39. The molecule has 0 spiro atoms. The first-order chi connectivity index (χ1) is 7.14. The van der Waals surface area contributed by atoms with Crippen LogP contribution in [-0.2, 0) is 0 Å². The van der Waals surface area contributed by atoms with E-state index in [1.807, 2.05) is 0 Å². The van der Waals surface area contributed by atoms with Crippen LogP contribution in [0.4, 0.5) is 0 Å². The van der Waals surface area contributed by atoms with Gasteiger partial charge in [-0.2, -0.15) is 0 Å². The van der Waals surface area contributed by atoms with Gasteiger partial charge in [0.2, 0.25) is 0 Å². The molecule has 83 valence electrons. The van der Waals surface area contributed by atoms with Gasteiger partial charge in [0.05, 0.1) is 0 Å². The minimum Gasteiger partial charge on any atom is -0.0732 e. The first-order valence-electron chi connectivity index (χ1n) is 6.41. The van der Waals surface area contributed by atoms with Crippen molar-refractivity contribution in [3.63, 3.8) is 0 Å². The maximum absolute atomic E-state index is 3.57. The molecule has 0 saturated carbocycles. The zero-order chi connectivity index (χ0) is 10.9. The summed E-state index contributed by atoms with van der Waals surface area (Å²) in [6.45, 7) is 7.08. The predicted octanol–water partition coefficient (Wildman–Crippen LogP) is 4.82. The molecule has 0 heterocycles. The van der Waals surface area contributed by atoms with Crippen LogP contribution in [0.5, 0.6) is 0 Å². The zero-order valence-electron chi connectivity index (χ0n) is 10.4. The van der Waals surface area contributed by atoms with Gasteiger partial charge in [-0.25, -0.2) is 0 Å². The molecule has 0 saturated heterocycles. The van der Waals surface area contributed by atoms with Crippen molar-refractivity contribution >= 4 is 0 Å². The first-order valence-corrected chi connectivity index (χ1v) is 6.41. The smallest absolute Gasteiger partial charge is 0.00980 e. The van der Waals surface area contributed by atoms with Gasteiger partial charge < -0.3 is 0 Å². The van der Waals surface area contributed by atoms with Crippen molar-refractivity contribution in [2.24, 2.45) is 5.41 Å². The molecule has 0 bridgehead atoms. The largest absolute Gasteiger partial charge is 0.0732 e. The highest BCUT2D eigenvalue weighted by Gasteiger charge is 2.33. The van der Waals surface area contributed by atoms with Gasteiger partial charge in [0.15, 0.2) is 0 Å². The van der Waals surface area contributed by atoms with E-state index in [9.17, 15) is 0 Å². The summed E-state index contributed by atoms with van der Waals surface area (Å²) in [6, 6.07) is 0. The molecular formula is C15H23. The minimum absolute atomic E-state index is 0.364. The van der Waals surface area contributed by atoms with E-state index in [0.717, 1.165) is 0 Å². The van der Waals surface area contributed by atoms with Crippen LogP contribution in [0.25, 0.3) is 0 Å². The molecule has 0 aromatic carbocycles. The average Bonchev–Trinajstić information content (AvgIpc) is 2.23. The Kier molecular flexibility index (Phi) is 3.04. The van der Waals surface area contributed by atoms with Crippen LogP contribution in [0, 0.1) is 11.5 Å². The molecule has 0 N–H and O–H groups in total. The number of allylic oxidation sites excluding steroid dienone is 4. The fourth-order valence-corrected chi connectivity index (χ4v) is 3.28. The van der Waals surface area contributed by atoms with Gasteiger partial charge in [0, 0.05) is 5.41 Å². The highest BCUT2D eigenvalue weighted by atomic mass is 14.4. The molecule has 0 amide bonds. The van der Waals surface area contributed by atoms with Crippen molar-refractivity contribution in [2.45, 2.75) is 65.7 Å². The summed E-state index contributed by atoms with van der Waals surface area (Å²) in [6.07, 6.45) is 12.9. The molecular weight excluding hydrogens is 180 g/mol. The topological polar surface area (TPSA) is 0 Å². The van der Waals surface area contributed by atoms with Gasteiger partial charge in [0.25, 0.3) is 0 Å². The number of hydrogen-bond acceptors (Lipinski definition) is 0. The number of rotatable bonds is 1. The maximum atomic E-state index is 3.57. The van der Waals surface area contributed by atoms with E-state index in [4.69, 9.17) is 0 Å². The normalized spacial score (nSPS) is 32.9. The summed E-state index contributed by atoms with van der Waals surface area (Å²) < 4.78 is 0. The Hall–Kier alpha value is -0.520. The fraction of sp³-hybridized carbons (Fsp3) is 0.733. The average molecular weight is 203 g/mol. The van der Waals surface area contributed by atoms with Gasteiger partial charge in [-0.3, -0.25) is 0 Å².